The second kappa shape index (κ2) is 40.3. The highest BCUT2D eigenvalue weighted by Gasteiger charge is 2.41. The molecule has 4 rings (SSSR count). The number of benzene rings is 2. The van der Waals surface area contributed by atoms with Crippen LogP contribution in [0.15, 0.2) is 54.7 Å². The van der Waals surface area contributed by atoms with Gasteiger partial charge in [0.05, 0.1) is 57.8 Å². The number of H-pyrrole nitrogens is 1. The Morgan fingerprint density at radius 1 is 0.587 bits per heavy atom. The lowest BCUT2D eigenvalue weighted by Crippen LogP contribution is -2.61. The number of anilines is 1. The van der Waals surface area contributed by atoms with Crippen LogP contribution in [0, 0.1) is 5.92 Å². The van der Waals surface area contributed by atoms with Gasteiger partial charge in [0.1, 0.15) is 66.5 Å². The van der Waals surface area contributed by atoms with Crippen LogP contribution in [-0.2, 0) is 97.5 Å². The maximum Gasteiger partial charge on any atom is 0.329 e. The Morgan fingerprint density at radius 2 is 1.12 bits per heavy atom. The average Bonchev–Trinajstić information content (AvgIpc) is 1.29. The van der Waals surface area contributed by atoms with Crippen molar-refractivity contribution in [1.82, 2.24) is 68.8 Å². The van der Waals surface area contributed by atoms with Crippen LogP contribution in [0.3, 0.4) is 0 Å². The van der Waals surface area contributed by atoms with Gasteiger partial charge >= 0.3 is 29.8 Å². The lowest BCUT2D eigenvalue weighted by Gasteiger charge is -2.30. The molecule has 104 heavy (non-hydrogen) atoms. The fraction of sp³-hybridized carbons (Fsp3) is 0.468. The van der Waals surface area contributed by atoms with Crippen molar-refractivity contribution < 1.29 is 121 Å². The number of esters is 1. The van der Waals surface area contributed by atoms with E-state index in [0.29, 0.717) is 16.5 Å². The number of cyclic esters (lactones) is 1. The highest BCUT2D eigenvalue weighted by Crippen LogP contribution is 2.20. The number of aliphatic hydroxyl groups is 1. The summed E-state index contributed by atoms with van der Waals surface area (Å²) in [6.45, 7) is -0.916. The monoisotopic (exact) mass is 1470 g/mol. The number of aliphatic hydroxyl groups excluding tert-OH is 1. The molecule has 2 aromatic carbocycles. The number of carbonyl (C=O) groups excluding carboxylic acids is 15. The molecule has 42 heteroatoms. The number of hydrogen-bond donors (Lipinski definition) is 22. The summed E-state index contributed by atoms with van der Waals surface area (Å²) in [5, 5.41) is 75.3. The first-order valence-electron chi connectivity index (χ1n) is 31.9. The van der Waals surface area contributed by atoms with E-state index in [1.54, 1.807) is 30.5 Å². The molecule has 13 unspecified atom stereocenters. The zero-order valence-electron chi connectivity index (χ0n) is 56.1. The molecular formula is C62H83N17O25. The van der Waals surface area contributed by atoms with Crippen LogP contribution < -0.4 is 86.7 Å². The van der Waals surface area contributed by atoms with Crippen LogP contribution in [0.5, 0.6) is 0 Å². The van der Waals surface area contributed by atoms with E-state index in [9.17, 15) is 117 Å². The number of fused-ring (bicyclic) bond motifs is 1. The van der Waals surface area contributed by atoms with Crippen molar-refractivity contribution in [3.63, 3.8) is 0 Å². The number of amides is 13. The third-order valence-corrected chi connectivity index (χ3v) is 15.6. The Balaban J connectivity index is 1.86. The second-order valence-electron chi connectivity index (χ2n) is 23.9. The van der Waals surface area contributed by atoms with Crippen LogP contribution in [0.1, 0.15) is 88.1 Å². The quantitative estimate of drug-likeness (QED) is 0.0202. The molecule has 1 aliphatic heterocycles. The molecular weight excluding hydrogens is 1380 g/mol. The molecule has 0 radical (unpaired) electrons. The van der Waals surface area contributed by atoms with Gasteiger partial charge in [-0.25, -0.2) is 4.79 Å². The minimum atomic E-state index is -2.42. The van der Waals surface area contributed by atoms with Gasteiger partial charge < -0.3 is 122 Å². The van der Waals surface area contributed by atoms with Gasteiger partial charge in [-0.05, 0) is 69.3 Å². The molecule has 1 aliphatic rings. The standard InChI is InChI=1S/C62H83N17O25/c1-26(15-46(85)86)50-61(102)77-40(17-42(81)31-10-4-6-11-32(31)64)62(103)104-28(3)51(79-58(99)39(21-49(91)92)76-57(98)36(18-43(66)82)74-53(94)33(65)16-29-22-67-34-12-7-5-9-30(29)34)60(101)69-24-44(83)71-35(13-8-14-63)55(96)75-38(20-48(89)90)56(97)70-27(2)52(93)73-37(19-47(87)88)54(95)68-23-45(84)72-41(25-80)59(100)78-50/h4-7,9-12,22,26-28,33,35-41,50-51,67,80H,8,13-21,23-25,63-65H2,1-3H3,(H2,66,82)(H,68,95)(H,69,101)(H,70,97)(H,71,83)(H,72,84)(H,73,93)(H,74,94)(H,75,96)(H,76,98)(H,77,102)(H,78,100)(H,79,99)(H,85,86)(H,87,88)(H,89,90)(H,91,92). The zero-order valence-corrected chi connectivity index (χ0v) is 56.1. The van der Waals surface area contributed by atoms with E-state index in [0.717, 1.165) is 20.8 Å². The number of nitrogens with one attached hydrogen (secondary N) is 13. The van der Waals surface area contributed by atoms with E-state index in [-0.39, 0.29) is 37.1 Å². The molecule has 42 nitrogen and oxygen atoms in total. The van der Waals surface area contributed by atoms with Gasteiger partial charge in [0, 0.05) is 34.8 Å². The summed E-state index contributed by atoms with van der Waals surface area (Å²) < 4.78 is 5.63. The number of aromatic amines is 1. The van der Waals surface area contributed by atoms with Gasteiger partial charge in [0.15, 0.2) is 5.78 Å². The lowest BCUT2D eigenvalue weighted by molar-refractivity contribution is -0.156. The smallest absolute Gasteiger partial charge is 0.329 e. The summed E-state index contributed by atoms with van der Waals surface area (Å²) in [6, 6.07) is -10.3. The number of carbonyl (C=O) groups is 19. The molecule has 0 bridgehead atoms. The Morgan fingerprint density at radius 3 is 1.72 bits per heavy atom. The van der Waals surface area contributed by atoms with Crippen molar-refractivity contribution in [3.05, 3.63) is 65.9 Å². The number of aromatic nitrogens is 1. The minimum Gasteiger partial charge on any atom is -0.481 e. The maximum atomic E-state index is 14.7. The number of carboxylic acids is 4. The van der Waals surface area contributed by atoms with Crippen LogP contribution in [0.2, 0.25) is 0 Å². The van der Waals surface area contributed by atoms with Gasteiger partial charge in [-0.15, -0.1) is 0 Å². The van der Waals surface area contributed by atoms with Crippen molar-refractivity contribution in [2.75, 3.05) is 32.0 Å². The number of primary amides is 1. The van der Waals surface area contributed by atoms with E-state index >= 15 is 0 Å². The number of nitrogen functional groups attached to an aromatic ring is 1. The normalized spacial score (nSPS) is 22.2. The van der Waals surface area contributed by atoms with Gasteiger partial charge in [-0.2, -0.15) is 0 Å². The summed E-state index contributed by atoms with van der Waals surface area (Å²) in [4.78, 5) is 259. The Bertz CT molecular complexity index is 3750. The predicted octanol–water partition coefficient (Wildman–Crippen LogP) is -8.92. The Hall–Kier alpha value is -12.2. The largest absolute Gasteiger partial charge is 0.481 e. The van der Waals surface area contributed by atoms with Crippen LogP contribution in [-0.4, -0.2) is 242 Å². The van der Waals surface area contributed by atoms with Crippen LogP contribution >= 0.6 is 0 Å². The highest BCUT2D eigenvalue weighted by atomic mass is 16.5. The molecule has 3 aromatic rings. The van der Waals surface area contributed by atoms with Gasteiger partial charge in [0.25, 0.3) is 0 Å². The maximum absolute atomic E-state index is 14.7. The molecule has 13 atom stereocenters. The van der Waals surface area contributed by atoms with Gasteiger partial charge in [-0.1, -0.05) is 37.3 Å². The predicted molar refractivity (Wildman–Crippen MR) is 354 cm³/mol. The summed E-state index contributed by atoms with van der Waals surface area (Å²) >= 11 is 0. The SMILES string of the molecule is CC1NC(=O)C(CC(=O)O)NC(=O)C(CCCN)NC(=O)CNC(=O)C(NC(=O)C(CC(=O)O)NC(=O)C(CC(N)=O)NC(=O)C(N)Cc2c[nH]c3ccccc23)C(C)OC(=O)C(CC(=O)c2ccccc2N)NC(=O)C(C(C)CC(=O)O)NC(=O)C(CO)NC(=O)CNC(=O)C(CC(=O)O)NC1=O. The molecule has 0 spiro atoms. The molecule has 13 amide bonds. The molecule has 26 N–H and O–H groups in total. The third kappa shape index (κ3) is 26.7. The van der Waals surface area contributed by atoms with Gasteiger partial charge in [0.2, 0.25) is 76.8 Å². The number of ether oxygens (including phenoxy) is 1. The number of hydrogen-bond acceptors (Lipinski definition) is 24. The number of aliphatic carboxylic acids is 4. The highest BCUT2D eigenvalue weighted by molar-refractivity contribution is 6.05. The Kier molecular flexibility index (Phi) is 32.6. The molecule has 0 aliphatic carbocycles. The number of ketones is 1. The van der Waals surface area contributed by atoms with Crippen LogP contribution in [0.25, 0.3) is 10.9 Å². The Labute approximate surface area is 589 Å². The number of nitrogens with two attached hydrogens (primary N) is 4. The van der Waals surface area contributed by atoms with Crippen molar-refractivity contribution in [2.24, 2.45) is 23.1 Å². The molecule has 0 saturated carbocycles. The topological polar surface area (TPSA) is 699 Å². The number of para-hydroxylation sites is 2. The summed E-state index contributed by atoms with van der Waals surface area (Å²) in [5.41, 5.74) is 24.2. The summed E-state index contributed by atoms with van der Waals surface area (Å²) in [6.07, 6.45) is -8.08. The van der Waals surface area contributed by atoms with Crippen molar-refractivity contribution >= 4 is 129 Å². The minimum absolute atomic E-state index is 0.0842. The van der Waals surface area contributed by atoms with Crippen molar-refractivity contribution in [2.45, 2.75) is 151 Å². The third-order valence-electron chi connectivity index (χ3n) is 15.6. The van der Waals surface area contributed by atoms with E-state index in [1.165, 1.54) is 24.3 Å². The fourth-order valence-electron chi connectivity index (χ4n) is 10.1. The lowest BCUT2D eigenvalue weighted by atomic mass is 9.96. The van der Waals surface area contributed by atoms with Gasteiger partial charge in [-0.3, -0.25) is 86.3 Å². The fourth-order valence-corrected chi connectivity index (χ4v) is 10.1. The first kappa shape index (κ1) is 84.2. The number of carboxylic acid groups (broad SMARTS) is 4. The second-order valence-corrected chi connectivity index (χ2v) is 23.9. The van der Waals surface area contributed by atoms with E-state index in [4.69, 9.17) is 27.7 Å². The van der Waals surface area contributed by atoms with E-state index in [1.807, 2.05) is 21.3 Å². The van der Waals surface area contributed by atoms with Crippen LogP contribution in [0.4, 0.5) is 5.69 Å². The summed E-state index contributed by atoms with van der Waals surface area (Å²) in [7, 11) is 0. The molecule has 1 saturated heterocycles. The number of rotatable bonds is 26. The molecule has 2 heterocycles. The number of Topliss-reactive ketones (excluding diaryl/α,β-unsaturated/α-hetero) is 1. The summed E-state index contributed by atoms with van der Waals surface area (Å²) in [5.74, 6) is -29.0. The first-order valence-corrected chi connectivity index (χ1v) is 31.9. The molecule has 566 valence electrons. The zero-order chi connectivity index (χ0) is 77.8. The molecule has 1 fully saturated rings. The first-order chi connectivity index (χ1) is 48.9. The van der Waals surface area contributed by atoms with Crippen molar-refractivity contribution in [1.29, 1.82) is 0 Å². The van der Waals surface area contributed by atoms with E-state index in [2.05, 4.69) is 47.5 Å². The average molecular weight is 1470 g/mol. The van der Waals surface area contributed by atoms with E-state index < -0.39 is 249 Å². The van der Waals surface area contributed by atoms with Crippen molar-refractivity contribution in [3.8, 4) is 0 Å². The molecule has 1 aromatic heterocycles.